The van der Waals surface area contributed by atoms with E-state index in [0.717, 1.165) is 29.7 Å². The van der Waals surface area contributed by atoms with Gasteiger partial charge in [0.2, 0.25) is 0 Å². The minimum absolute atomic E-state index is 0.795. The molecule has 0 unspecified atom stereocenters. The van der Waals surface area contributed by atoms with Gasteiger partial charge in [-0.1, -0.05) is 42.7 Å². The third-order valence-electron chi connectivity index (χ3n) is 7.67. The van der Waals surface area contributed by atoms with Gasteiger partial charge in [-0.2, -0.15) is 0 Å². The standard InChI is InChI=1S/C24H40O3Si/c1-19-5-9-21(10-6-19)23-13-15-24(16-14-23)22-11-7-20(8-12-22)17-18-28(25-2,26-3)27-4/h5-6,9-10,20,22-24H,7-8,11-18H2,1-4H3. The van der Waals surface area contributed by atoms with E-state index < -0.39 is 8.80 Å². The second kappa shape index (κ2) is 10.4. The topological polar surface area (TPSA) is 27.7 Å². The largest absolute Gasteiger partial charge is 0.500 e. The predicted octanol–water partition coefficient (Wildman–Crippen LogP) is 6.34. The van der Waals surface area contributed by atoms with Crippen LogP contribution in [0.3, 0.4) is 0 Å². The van der Waals surface area contributed by atoms with Crippen LogP contribution in [0.4, 0.5) is 0 Å². The van der Waals surface area contributed by atoms with Gasteiger partial charge in [-0.05, 0) is 81.1 Å². The van der Waals surface area contributed by atoms with Gasteiger partial charge in [0.05, 0.1) is 0 Å². The second-order valence-corrected chi connectivity index (χ2v) is 12.2. The SMILES string of the molecule is CO[Si](CCC1CCC(C2CCC(c3ccc(C)cc3)CC2)CC1)(OC)OC. The lowest BCUT2D eigenvalue weighted by Gasteiger charge is -2.38. The summed E-state index contributed by atoms with van der Waals surface area (Å²) in [6.45, 7) is 2.18. The Morgan fingerprint density at radius 3 is 1.75 bits per heavy atom. The van der Waals surface area contributed by atoms with Gasteiger partial charge in [-0.15, -0.1) is 0 Å². The van der Waals surface area contributed by atoms with E-state index in [1.54, 1.807) is 26.9 Å². The second-order valence-electron chi connectivity index (χ2n) is 9.14. The molecule has 0 N–H and O–H groups in total. The minimum Gasteiger partial charge on any atom is -0.377 e. The highest BCUT2D eigenvalue weighted by Crippen LogP contribution is 2.44. The Bertz CT molecular complexity index is 560. The quantitative estimate of drug-likeness (QED) is 0.473. The van der Waals surface area contributed by atoms with E-state index in [-0.39, 0.29) is 0 Å². The molecule has 0 aromatic heterocycles. The van der Waals surface area contributed by atoms with Gasteiger partial charge in [-0.25, -0.2) is 0 Å². The zero-order chi connectivity index (χ0) is 20.0. The fraction of sp³-hybridized carbons (Fsp3) is 0.750. The first-order valence-electron chi connectivity index (χ1n) is 11.3. The lowest BCUT2D eigenvalue weighted by molar-refractivity contribution is 0.116. The highest BCUT2D eigenvalue weighted by atomic mass is 28.4. The molecule has 0 radical (unpaired) electrons. The summed E-state index contributed by atoms with van der Waals surface area (Å²) in [7, 11) is 2.78. The van der Waals surface area contributed by atoms with E-state index in [2.05, 4.69) is 31.2 Å². The fourth-order valence-electron chi connectivity index (χ4n) is 5.65. The molecule has 0 bridgehead atoms. The maximum atomic E-state index is 5.59. The summed E-state index contributed by atoms with van der Waals surface area (Å²) in [6, 6.07) is 10.2. The van der Waals surface area contributed by atoms with E-state index in [1.807, 2.05) is 0 Å². The van der Waals surface area contributed by atoms with Crippen molar-refractivity contribution < 1.29 is 13.3 Å². The van der Waals surface area contributed by atoms with Gasteiger partial charge in [0.15, 0.2) is 0 Å². The van der Waals surface area contributed by atoms with Crippen LogP contribution < -0.4 is 0 Å². The van der Waals surface area contributed by atoms with Crippen LogP contribution in [0, 0.1) is 24.7 Å². The third kappa shape index (κ3) is 5.47. The maximum Gasteiger partial charge on any atom is 0.500 e. The summed E-state index contributed by atoms with van der Waals surface area (Å²) in [5, 5.41) is 0. The van der Waals surface area contributed by atoms with Crippen molar-refractivity contribution in [3.05, 3.63) is 35.4 Å². The summed E-state index contributed by atoms with van der Waals surface area (Å²) < 4.78 is 16.8. The summed E-state index contributed by atoms with van der Waals surface area (Å²) in [5.74, 6) is 3.55. The number of hydrogen-bond donors (Lipinski definition) is 0. The number of benzene rings is 1. The van der Waals surface area contributed by atoms with Crippen molar-refractivity contribution in [2.45, 2.75) is 76.7 Å². The van der Waals surface area contributed by atoms with Crippen LogP contribution >= 0.6 is 0 Å². The Morgan fingerprint density at radius 2 is 1.25 bits per heavy atom. The predicted molar refractivity (Wildman–Crippen MR) is 118 cm³/mol. The zero-order valence-electron chi connectivity index (χ0n) is 18.4. The molecule has 0 saturated heterocycles. The smallest absolute Gasteiger partial charge is 0.377 e. The Balaban J connectivity index is 1.40. The molecule has 2 aliphatic rings. The summed E-state index contributed by atoms with van der Waals surface area (Å²) >= 11 is 0. The van der Waals surface area contributed by atoms with Gasteiger partial charge in [-0.3, -0.25) is 0 Å². The number of aryl methyl sites for hydroxylation is 1. The van der Waals surface area contributed by atoms with Gasteiger partial charge >= 0.3 is 8.80 Å². The lowest BCUT2D eigenvalue weighted by atomic mass is 9.68. The van der Waals surface area contributed by atoms with Crippen molar-refractivity contribution in [2.75, 3.05) is 21.3 Å². The first-order chi connectivity index (χ1) is 13.6. The van der Waals surface area contributed by atoms with Crippen LogP contribution in [-0.4, -0.2) is 30.1 Å². The molecule has 1 aromatic carbocycles. The van der Waals surface area contributed by atoms with Crippen LogP contribution in [0.15, 0.2) is 24.3 Å². The molecule has 3 nitrogen and oxygen atoms in total. The summed E-state index contributed by atoms with van der Waals surface area (Å²) in [5.41, 5.74) is 2.94. The molecule has 1 aromatic rings. The van der Waals surface area contributed by atoms with Crippen LogP contribution in [0.5, 0.6) is 0 Å². The first kappa shape index (κ1) is 22.0. The van der Waals surface area contributed by atoms with Crippen molar-refractivity contribution in [1.82, 2.24) is 0 Å². The normalized spacial score (nSPS) is 29.0. The highest BCUT2D eigenvalue weighted by Gasteiger charge is 2.39. The summed E-state index contributed by atoms with van der Waals surface area (Å²) in [4.78, 5) is 0. The highest BCUT2D eigenvalue weighted by molar-refractivity contribution is 6.60. The molecule has 2 saturated carbocycles. The van der Waals surface area contributed by atoms with E-state index in [1.165, 1.54) is 63.4 Å². The lowest BCUT2D eigenvalue weighted by Crippen LogP contribution is -2.43. The van der Waals surface area contributed by atoms with Crippen molar-refractivity contribution in [3.8, 4) is 0 Å². The molecule has 2 aliphatic carbocycles. The molecule has 158 valence electrons. The van der Waals surface area contributed by atoms with E-state index in [0.29, 0.717) is 0 Å². The average Bonchev–Trinajstić information content (AvgIpc) is 2.76. The van der Waals surface area contributed by atoms with Crippen LogP contribution in [0.1, 0.15) is 74.8 Å². The van der Waals surface area contributed by atoms with Crippen LogP contribution in [-0.2, 0) is 13.3 Å². The molecule has 0 aliphatic heterocycles. The maximum absolute atomic E-state index is 5.59. The van der Waals surface area contributed by atoms with Gasteiger partial charge in [0.25, 0.3) is 0 Å². The Labute approximate surface area is 173 Å². The van der Waals surface area contributed by atoms with Gasteiger partial charge in [0, 0.05) is 27.4 Å². The fourth-order valence-corrected chi connectivity index (χ4v) is 7.52. The molecule has 2 fully saturated rings. The molecule has 0 spiro atoms. The molecule has 0 atom stereocenters. The molecule has 0 heterocycles. The Kier molecular flexibility index (Phi) is 8.16. The molecular formula is C24H40O3Si. The van der Waals surface area contributed by atoms with Gasteiger partial charge in [0.1, 0.15) is 0 Å². The van der Waals surface area contributed by atoms with Crippen molar-refractivity contribution in [1.29, 1.82) is 0 Å². The van der Waals surface area contributed by atoms with E-state index in [4.69, 9.17) is 13.3 Å². The molecule has 4 heteroatoms. The first-order valence-corrected chi connectivity index (χ1v) is 13.2. The van der Waals surface area contributed by atoms with Crippen molar-refractivity contribution in [3.63, 3.8) is 0 Å². The van der Waals surface area contributed by atoms with E-state index in [9.17, 15) is 0 Å². The van der Waals surface area contributed by atoms with Gasteiger partial charge < -0.3 is 13.3 Å². The Hall–Kier alpha value is -0.683. The van der Waals surface area contributed by atoms with Crippen LogP contribution in [0.25, 0.3) is 0 Å². The monoisotopic (exact) mass is 404 g/mol. The Morgan fingerprint density at radius 1 is 0.750 bits per heavy atom. The molecular weight excluding hydrogens is 364 g/mol. The average molecular weight is 405 g/mol. The number of hydrogen-bond acceptors (Lipinski definition) is 3. The molecule has 0 amide bonds. The number of rotatable bonds is 8. The zero-order valence-corrected chi connectivity index (χ0v) is 19.4. The van der Waals surface area contributed by atoms with Crippen molar-refractivity contribution >= 4 is 8.80 Å². The van der Waals surface area contributed by atoms with E-state index >= 15 is 0 Å². The third-order valence-corrected chi connectivity index (χ3v) is 10.4. The minimum atomic E-state index is -2.39. The molecule has 3 rings (SSSR count). The molecule has 28 heavy (non-hydrogen) atoms. The van der Waals surface area contributed by atoms with Crippen LogP contribution in [0.2, 0.25) is 6.04 Å². The van der Waals surface area contributed by atoms with Crippen molar-refractivity contribution in [2.24, 2.45) is 17.8 Å². The summed E-state index contributed by atoms with van der Waals surface area (Å²) in [6.07, 6.45) is 12.4.